The fourth-order valence-corrected chi connectivity index (χ4v) is 5.83. The van der Waals surface area contributed by atoms with E-state index in [-0.39, 0.29) is 22.9 Å². The predicted octanol–water partition coefficient (Wildman–Crippen LogP) is 2.39. The second-order valence-electron chi connectivity index (χ2n) is 7.64. The molecule has 6 nitrogen and oxygen atoms in total. The Kier molecular flexibility index (Phi) is 4.89. The van der Waals surface area contributed by atoms with Crippen LogP contribution in [0.15, 0.2) is 53.4 Å². The highest BCUT2D eigenvalue weighted by Gasteiger charge is 2.36. The van der Waals surface area contributed by atoms with E-state index in [9.17, 15) is 13.2 Å². The van der Waals surface area contributed by atoms with Gasteiger partial charge in [0, 0.05) is 30.7 Å². The molecule has 1 fully saturated rings. The van der Waals surface area contributed by atoms with Crippen molar-refractivity contribution in [2.45, 2.75) is 43.2 Å². The Labute approximate surface area is 166 Å². The fraction of sp³-hybridized carbons (Fsp3) is 0.381. The third-order valence-electron chi connectivity index (χ3n) is 5.61. The van der Waals surface area contributed by atoms with E-state index in [2.05, 4.69) is 0 Å². The van der Waals surface area contributed by atoms with E-state index in [1.807, 2.05) is 31.2 Å². The molecule has 0 radical (unpaired) electrons. The first-order valence-corrected chi connectivity index (χ1v) is 11.1. The summed E-state index contributed by atoms with van der Waals surface area (Å²) in [4.78, 5) is 14.7. The normalized spacial score (nSPS) is 20.3. The molecule has 0 bridgehead atoms. The number of piperidine rings is 1. The van der Waals surface area contributed by atoms with Crippen molar-refractivity contribution >= 4 is 21.6 Å². The molecule has 2 aromatic carbocycles. The highest BCUT2D eigenvalue weighted by Crippen LogP contribution is 2.36. The molecule has 28 heavy (non-hydrogen) atoms. The molecular formula is C21H25N3O3S. The lowest BCUT2D eigenvalue weighted by atomic mass is 10.0. The Bertz CT molecular complexity index is 997. The Balaban J connectivity index is 1.65. The van der Waals surface area contributed by atoms with E-state index >= 15 is 0 Å². The summed E-state index contributed by atoms with van der Waals surface area (Å²) in [5.41, 5.74) is 8.06. The molecule has 7 heteroatoms. The number of nitrogens with zero attached hydrogens (tertiary/aromatic N) is 2. The average Bonchev–Trinajstić information content (AvgIpc) is 3.04. The number of hydrogen-bond donors (Lipinski definition) is 1. The zero-order chi connectivity index (χ0) is 19.9. The van der Waals surface area contributed by atoms with E-state index in [0.717, 1.165) is 24.1 Å². The number of nitrogens with two attached hydrogens (primary N) is 1. The van der Waals surface area contributed by atoms with Crippen LogP contribution < -0.4 is 10.0 Å². The number of carbonyl (C=O) groups is 1. The molecule has 0 aliphatic carbocycles. The van der Waals surface area contributed by atoms with Crippen molar-refractivity contribution in [1.29, 1.82) is 0 Å². The van der Waals surface area contributed by atoms with Crippen molar-refractivity contribution < 1.29 is 13.2 Å². The lowest BCUT2D eigenvalue weighted by molar-refractivity contribution is 0.0714. The average molecular weight is 400 g/mol. The first-order valence-electron chi connectivity index (χ1n) is 9.65. The van der Waals surface area contributed by atoms with Gasteiger partial charge in [0.25, 0.3) is 15.9 Å². The largest absolute Gasteiger partial charge is 0.339 e. The van der Waals surface area contributed by atoms with Gasteiger partial charge in [0.2, 0.25) is 0 Å². The maximum absolute atomic E-state index is 13.4. The number of carbonyl (C=O) groups excluding carboxylic acids is 1. The van der Waals surface area contributed by atoms with Crippen molar-refractivity contribution in [3.05, 3.63) is 59.7 Å². The third-order valence-corrected chi connectivity index (χ3v) is 7.53. The van der Waals surface area contributed by atoms with Crippen LogP contribution >= 0.6 is 0 Å². The minimum absolute atomic E-state index is 0.132. The second-order valence-corrected chi connectivity index (χ2v) is 9.46. The number of para-hydroxylation sites is 1. The molecule has 1 atom stereocenters. The molecule has 1 saturated heterocycles. The fourth-order valence-electron chi connectivity index (χ4n) is 4.09. The van der Waals surface area contributed by atoms with Crippen LogP contribution in [-0.4, -0.2) is 44.4 Å². The van der Waals surface area contributed by atoms with Crippen molar-refractivity contribution in [2.24, 2.45) is 5.73 Å². The van der Waals surface area contributed by atoms with Gasteiger partial charge in [-0.3, -0.25) is 9.10 Å². The van der Waals surface area contributed by atoms with Gasteiger partial charge in [-0.2, -0.15) is 0 Å². The van der Waals surface area contributed by atoms with Crippen LogP contribution in [0.2, 0.25) is 0 Å². The summed E-state index contributed by atoms with van der Waals surface area (Å²) in [6.07, 6.45) is 2.22. The molecule has 2 N–H and O–H groups in total. The van der Waals surface area contributed by atoms with Crippen LogP contribution in [0.4, 0.5) is 5.69 Å². The predicted molar refractivity (Wildman–Crippen MR) is 109 cm³/mol. The topological polar surface area (TPSA) is 83.7 Å². The van der Waals surface area contributed by atoms with Crippen LogP contribution in [0, 0.1) is 0 Å². The Morgan fingerprint density at radius 3 is 2.54 bits per heavy atom. The highest BCUT2D eigenvalue weighted by molar-refractivity contribution is 7.92. The summed E-state index contributed by atoms with van der Waals surface area (Å²) in [5, 5.41) is 0. The number of hydrogen-bond acceptors (Lipinski definition) is 4. The third kappa shape index (κ3) is 3.29. The summed E-state index contributed by atoms with van der Waals surface area (Å²) in [5.74, 6) is -0.140. The van der Waals surface area contributed by atoms with Gasteiger partial charge < -0.3 is 10.6 Å². The van der Waals surface area contributed by atoms with E-state index in [1.54, 1.807) is 23.1 Å². The van der Waals surface area contributed by atoms with Crippen molar-refractivity contribution in [1.82, 2.24) is 4.90 Å². The zero-order valence-electron chi connectivity index (χ0n) is 15.9. The van der Waals surface area contributed by atoms with Gasteiger partial charge in [-0.1, -0.05) is 24.3 Å². The molecule has 148 valence electrons. The van der Waals surface area contributed by atoms with Crippen molar-refractivity contribution in [3.63, 3.8) is 0 Å². The van der Waals surface area contributed by atoms with Gasteiger partial charge in [-0.15, -0.1) is 0 Å². The molecular weight excluding hydrogens is 374 g/mol. The first-order chi connectivity index (χ1) is 13.4. The molecule has 0 aromatic heterocycles. The molecule has 1 amide bonds. The molecule has 0 spiro atoms. The van der Waals surface area contributed by atoms with Crippen LogP contribution in [0.25, 0.3) is 0 Å². The Hall–Kier alpha value is -2.38. The van der Waals surface area contributed by atoms with E-state index < -0.39 is 10.0 Å². The first kappa shape index (κ1) is 19.0. The molecule has 2 aliphatic heterocycles. The lowest BCUT2D eigenvalue weighted by Crippen LogP contribution is -2.43. The number of amides is 1. The number of benzene rings is 2. The van der Waals surface area contributed by atoms with E-state index in [0.29, 0.717) is 25.1 Å². The van der Waals surface area contributed by atoms with Crippen LogP contribution in [-0.2, 0) is 16.4 Å². The second kappa shape index (κ2) is 7.22. The minimum atomic E-state index is -3.75. The molecule has 1 unspecified atom stereocenters. The smallest absolute Gasteiger partial charge is 0.264 e. The van der Waals surface area contributed by atoms with Gasteiger partial charge in [0.15, 0.2) is 0 Å². The maximum atomic E-state index is 13.4. The number of likely N-dealkylation sites (tertiary alicyclic amines) is 1. The van der Waals surface area contributed by atoms with E-state index in [4.69, 9.17) is 5.73 Å². The molecule has 4 rings (SSSR count). The van der Waals surface area contributed by atoms with Gasteiger partial charge >= 0.3 is 0 Å². The maximum Gasteiger partial charge on any atom is 0.264 e. The molecule has 2 aliphatic rings. The van der Waals surface area contributed by atoms with Gasteiger partial charge in [0.05, 0.1) is 10.6 Å². The van der Waals surface area contributed by atoms with E-state index in [1.165, 1.54) is 10.4 Å². The van der Waals surface area contributed by atoms with Crippen molar-refractivity contribution in [3.8, 4) is 0 Å². The number of anilines is 1. The molecule has 0 saturated carbocycles. The lowest BCUT2D eigenvalue weighted by Gasteiger charge is -2.30. The van der Waals surface area contributed by atoms with Gasteiger partial charge in [-0.25, -0.2) is 8.42 Å². The number of rotatable bonds is 3. The van der Waals surface area contributed by atoms with Gasteiger partial charge in [0.1, 0.15) is 0 Å². The molecule has 2 heterocycles. The zero-order valence-corrected chi connectivity index (χ0v) is 16.7. The summed E-state index contributed by atoms with van der Waals surface area (Å²) in [6.45, 7) is 3.12. The van der Waals surface area contributed by atoms with Crippen molar-refractivity contribution in [2.75, 3.05) is 17.4 Å². The number of fused-ring (bicyclic) bond motifs is 1. The minimum Gasteiger partial charge on any atom is -0.339 e. The Morgan fingerprint density at radius 1 is 1.07 bits per heavy atom. The quantitative estimate of drug-likeness (QED) is 0.859. The van der Waals surface area contributed by atoms with Crippen LogP contribution in [0.3, 0.4) is 0 Å². The summed E-state index contributed by atoms with van der Waals surface area (Å²) < 4.78 is 28.3. The SMILES string of the molecule is CC1Cc2ccccc2N1S(=O)(=O)c1cccc(C(=O)N2CCC(N)CC2)c1. The standard InChI is InChI=1S/C21H25N3O3S/c1-15-13-16-5-2-3-8-20(16)24(15)28(26,27)19-7-4-6-17(14-19)21(25)23-11-9-18(22)10-12-23/h2-8,14-15,18H,9-13,22H2,1H3. The monoisotopic (exact) mass is 399 g/mol. The summed E-state index contributed by atoms with van der Waals surface area (Å²) >= 11 is 0. The highest BCUT2D eigenvalue weighted by atomic mass is 32.2. The van der Waals surface area contributed by atoms with Crippen LogP contribution in [0.5, 0.6) is 0 Å². The summed E-state index contributed by atoms with van der Waals surface area (Å²) in [7, 11) is -3.75. The van der Waals surface area contributed by atoms with Gasteiger partial charge in [-0.05, 0) is 56.0 Å². The number of sulfonamides is 1. The Morgan fingerprint density at radius 2 is 1.79 bits per heavy atom. The van der Waals surface area contributed by atoms with Crippen LogP contribution in [0.1, 0.15) is 35.7 Å². The summed E-state index contributed by atoms with van der Waals surface area (Å²) in [6, 6.07) is 13.9. The molecule has 2 aromatic rings.